The van der Waals surface area contributed by atoms with Crippen LogP contribution in [0.25, 0.3) is 0 Å². The molecule has 0 bridgehead atoms. The fraction of sp³-hybridized carbons (Fsp3) is 0.520. The molecule has 4 rings (SSSR count). The summed E-state index contributed by atoms with van der Waals surface area (Å²) in [4.78, 5) is 19.5. The second-order valence-corrected chi connectivity index (χ2v) is 9.03. The topological polar surface area (TPSA) is 66.5 Å². The molecule has 1 saturated heterocycles. The molecule has 1 aromatic heterocycles. The molecular weight excluding hydrogens is 388 g/mol. The summed E-state index contributed by atoms with van der Waals surface area (Å²) in [6, 6.07) is 13.7. The Morgan fingerprint density at radius 2 is 1.97 bits per heavy atom. The molecule has 1 unspecified atom stereocenters. The number of carbonyl (C=O) groups excluding carboxylic acids is 1. The van der Waals surface area contributed by atoms with Gasteiger partial charge in [-0.15, -0.1) is 0 Å². The summed E-state index contributed by atoms with van der Waals surface area (Å²) in [7, 11) is 0. The molecule has 6 nitrogen and oxygen atoms in total. The second kappa shape index (κ2) is 9.37. The van der Waals surface area contributed by atoms with Gasteiger partial charge in [0.15, 0.2) is 0 Å². The number of aromatic nitrogens is 1. The molecule has 2 N–H and O–H groups in total. The fourth-order valence-electron chi connectivity index (χ4n) is 4.80. The van der Waals surface area contributed by atoms with Crippen molar-refractivity contribution in [3.8, 4) is 0 Å². The highest BCUT2D eigenvalue weighted by molar-refractivity contribution is 5.89. The monoisotopic (exact) mass is 422 g/mol. The highest BCUT2D eigenvalue weighted by Crippen LogP contribution is 2.54. The van der Waals surface area contributed by atoms with Gasteiger partial charge in [0, 0.05) is 48.2 Å². The second-order valence-electron chi connectivity index (χ2n) is 9.03. The molecule has 2 heterocycles. The maximum atomic E-state index is 12.3. The lowest BCUT2D eigenvalue weighted by molar-refractivity contribution is 0.0447. The molecule has 1 atom stereocenters. The lowest BCUT2D eigenvalue weighted by Crippen LogP contribution is -2.40. The number of carbonyl (C=O) groups is 1. The van der Waals surface area contributed by atoms with Crippen LogP contribution in [0.1, 0.15) is 43.9 Å². The number of hydrogen-bond acceptors (Lipinski definition) is 4. The molecule has 0 spiro atoms. The average molecular weight is 423 g/mol. The van der Waals surface area contributed by atoms with Crippen LogP contribution in [0.3, 0.4) is 0 Å². The summed E-state index contributed by atoms with van der Waals surface area (Å²) in [5, 5.41) is 5.93. The van der Waals surface area contributed by atoms with Crippen molar-refractivity contribution in [2.24, 2.45) is 5.41 Å². The third-order valence-corrected chi connectivity index (χ3v) is 6.80. The van der Waals surface area contributed by atoms with Crippen LogP contribution in [0, 0.1) is 12.3 Å². The molecule has 2 aromatic rings. The molecular formula is C25H34N4O2. The minimum absolute atomic E-state index is 0.0732. The number of nitrogens with zero attached hydrogens (tertiary/aromatic N) is 2. The van der Waals surface area contributed by atoms with Crippen LogP contribution in [0.4, 0.5) is 10.5 Å². The Morgan fingerprint density at radius 3 is 2.65 bits per heavy atom. The number of hydrogen-bond donors (Lipinski definition) is 2. The molecule has 1 aliphatic carbocycles. The lowest BCUT2D eigenvalue weighted by atomic mass is 9.84. The Hall–Kier alpha value is -2.44. The van der Waals surface area contributed by atoms with Crippen LogP contribution < -0.4 is 10.6 Å². The van der Waals surface area contributed by atoms with Gasteiger partial charge in [-0.2, -0.15) is 0 Å². The van der Waals surface area contributed by atoms with Gasteiger partial charge in [0.05, 0.1) is 6.61 Å². The predicted molar refractivity (Wildman–Crippen MR) is 123 cm³/mol. The van der Waals surface area contributed by atoms with Crippen molar-refractivity contribution in [1.82, 2.24) is 15.2 Å². The van der Waals surface area contributed by atoms with Gasteiger partial charge in [0.2, 0.25) is 0 Å². The van der Waals surface area contributed by atoms with E-state index in [2.05, 4.69) is 38.8 Å². The Balaban J connectivity index is 1.36. The van der Waals surface area contributed by atoms with Gasteiger partial charge in [0.25, 0.3) is 0 Å². The zero-order valence-corrected chi connectivity index (χ0v) is 18.7. The Labute approximate surface area is 185 Å². The first-order valence-corrected chi connectivity index (χ1v) is 11.4. The number of ether oxygens (including phenoxy) is 1. The number of nitrogens with one attached hydrogen (secondary N) is 2. The van der Waals surface area contributed by atoms with E-state index in [0.717, 1.165) is 50.5 Å². The summed E-state index contributed by atoms with van der Waals surface area (Å²) in [6.45, 7) is 8.25. The predicted octanol–water partition coefficient (Wildman–Crippen LogP) is 4.32. The van der Waals surface area contributed by atoms with E-state index in [4.69, 9.17) is 4.74 Å². The highest BCUT2D eigenvalue weighted by Gasteiger charge is 2.54. The zero-order chi connectivity index (χ0) is 21.7. The summed E-state index contributed by atoms with van der Waals surface area (Å²) in [5.74, 6) is 0. The van der Waals surface area contributed by atoms with E-state index < -0.39 is 0 Å². The van der Waals surface area contributed by atoms with Crippen LogP contribution >= 0.6 is 0 Å². The first kappa shape index (κ1) is 21.8. The van der Waals surface area contributed by atoms with Crippen molar-refractivity contribution in [2.75, 3.05) is 38.2 Å². The van der Waals surface area contributed by atoms with Crippen molar-refractivity contribution >= 4 is 11.7 Å². The minimum atomic E-state index is -0.156. The van der Waals surface area contributed by atoms with Crippen LogP contribution in [-0.4, -0.2) is 48.8 Å². The third-order valence-electron chi connectivity index (χ3n) is 6.80. The van der Waals surface area contributed by atoms with Gasteiger partial charge >= 0.3 is 6.03 Å². The van der Waals surface area contributed by atoms with Gasteiger partial charge < -0.3 is 15.4 Å². The van der Waals surface area contributed by atoms with E-state index in [1.165, 1.54) is 18.4 Å². The van der Waals surface area contributed by atoms with Crippen molar-refractivity contribution in [3.05, 3.63) is 59.9 Å². The zero-order valence-electron chi connectivity index (χ0n) is 18.7. The SMILES string of the molecule is CCOCC1(CCNC(=O)Nc2ccccc2)CCN(C2(c3ccc(C)nc3)CC2)C1. The number of rotatable bonds is 9. The summed E-state index contributed by atoms with van der Waals surface area (Å²) < 4.78 is 5.91. The van der Waals surface area contributed by atoms with E-state index in [0.29, 0.717) is 6.54 Å². The van der Waals surface area contributed by atoms with Gasteiger partial charge in [-0.1, -0.05) is 24.3 Å². The van der Waals surface area contributed by atoms with Crippen LogP contribution in [0.5, 0.6) is 0 Å². The smallest absolute Gasteiger partial charge is 0.319 e. The number of aryl methyl sites for hydroxylation is 1. The average Bonchev–Trinajstić information content (AvgIpc) is 3.48. The molecule has 31 heavy (non-hydrogen) atoms. The van der Waals surface area contributed by atoms with Crippen LogP contribution in [-0.2, 0) is 10.3 Å². The van der Waals surface area contributed by atoms with E-state index in [-0.39, 0.29) is 17.0 Å². The molecule has 1 aromatic carbocycles. The fourth-order valence-corrected chi connectivity index (χ4v) is 4.80. The number of pyridine rings is 1. The third kappa shape index (κ3) is 5.08. The summed E-state index contributed by atoms with van der Waals surface area (Å²) in [6.07, 6.45) is 6.45. The first-order valence-electron chi connectivity index (χ1n) is 11.4. The summed E-state index contributed by atoms with van der Waals surface area (Å²) in [5.41, 5.74) is 3.42. The largest absolute Gasteiger partial charge is 0.381 e. The molecule has 6 heteroatoms. The molecule has 2 fully saturated rings. The van der Waals surface area contributed by atoms with E-state index in [1.54, 1.807) is 0 Å². The first-order chi connectivity index (χ1) is 15.1. The van der Waals surface area contributed by atoms with Gasteiger partial charge in [-0.3, -0.25) is 9.88 Å². The van der Waals surface area contributed by atoms with Crippen molar-refractivity contribution < 1.29 is 9.53 Å². The number of amides is 2. The number of urea groups is 1. The van der Waals surface area contributed by atoms with Crippen molar-refractivity contribution in [3.63, 3.8) is 0 Å². The van der Waals surface area contributed by atoms with E-state index in [1.807, 2.05) is 44.2 Å². The van der Waals surface area contributed by atoms with E-state index >= 15 is 0 Å². The molecule has 2 amide bonds. The molecule has 166 valence electrons. The molecule has 0 radical (unpaired) electrons. The molecule has 2 aliphatic rings. The Morgan fingerprint density at radius 1 is 1.16 bits per heavy atom. The number of benzene rings is 1. The quantitative estimate of drug-likeness (QED) is 0.632. The highest BCUT2D eigenvalue weighted by atomic mass is 16.5. The standard InChI is InChI=1S/C25H34N4O2/c1-3-31-19-24(13-15-26-23(30)28-22-7-5-4-6-8-22)14-16-29(18-24)25(11-12-25)21-10-9-20(2)27-17-21/h4-10,17H,3,11-16,18-19H2,1-2H3,(H2,26,28,30). The van der Waals surface area contributed by atoms with Crippen LogP contribution in [0.2, 0.25) is 0 Å². The number of anilines is 1. The van der Waals surface area contributed by atoms with Crippen molar-refractivity contribution in [2.45, 2.75) is 45.1 Å². The maximum Gasteiger partial charge on any atom is 0.319 e. The number of likely N-dealkylation sites (tertiary alicyclic amines) is 1. The Bertz CT molecular complexity index is 867. The van der Waals surface area contributed by atoms with Gasteiger partial charge in [-0.05, 0) is 69.8 Å². The Kier molecular flexibility index (Phi) is 6.58. The van der Waals surface area contributed by atoms with Gasteiger partial charge in [-0.25, -0.2) is 4.79 Å². The lowest BCUT2D eigenvalue weighted by Gasteiger charge is -2.33. The molecule has 1 aliphatic heterocycles. The minimum Gasteiger partial charge on any atom is -0.381 e. The summed E-state index contributed by atoms with van der Waals surface area (Å²) >= 11 is 0. The normalized spacial score (nSPS) is 22.3. The number of para-hydroxylation sites is 1. The molecule has 1 saturated carbocycles. The van der Waals surface area contributed by atoms with Crippen molar-refractivity contribution in [1.29, 1.82) is 0 Å². The van der Waals surface area contributed by atoms with Crippen LogP contribution in [0.15, 0.2) is 48.7 Å². The van der Waals surface area contributed by atoms with E-state index in [9.17, 15) is 4.79 Å². The van der Waals surface area contributed by atoms with Gasteiger partial charge in [0.1, 0.15) is 0 Å². The maximum absolute atomic E-state index is 12.3.